The van der Waals surface area contributed by atoms with Crippen LogP contribution < -0.4 is 0 Å². The Labute approximate surface area is 98.9 Å². The van der Waals surface area contributed by atoms with Crippen LogP contribution in [0.2, 0.25) is 0 Å². The van der Waals surface area contributed by atoms with Gasteiger partial charge in [-0.15, -0.1) is 0 Å². The summed E-state index contributed by atoms with van der Waals surface area (Å²) in [4.78, 5) is 0. The molecule has 0 aliphatic heterocycles. The zero-order chi connectivity index (χ0) is 11.6. The van der Waals surface area contributed by atoms with Crippen molar-refractivity contribution in [2.24, 2.45) is 16.7 Å². The van der Waals surface area contributed by atoms with Crippen LogP contribution in [0.5, 0.6) is 0 Å². The van der Waals surface area contributed by atoms with Crippen molar-refractivity contribution in [3.8, 4) is 0 Å². The molecule has 1 unspecified atom stereocenters. The lowest BCUT2D eigenvalue weighted by molar-refractivity contribution is -0.140. The van der Waals surface area contributed by atoms with Gasteiger partial charge >= 0.3 is 0 Å². The smallest absolute Gasteiger partial charge is 0.0718 e. The summed E-state index contributed by atoms with van der Waals surface area (Å²) in [6, 6.07) is 0. The number of aliphatic hydroxyl groups is 1. The molecule has 3 aliphatic rings. The van der Waals surface area contributed by atoms with E-state index in [1.54, 1.807) is 0 Å². The average Bonchev–Trinajstić information content (AvgIpc) is 2.64. The van der Waals surface area contributed by atoms with E-state index in [4.69, 9.17) is 0 Å². The van der Waals surface area contributed by atoms with Gasteiger partial charge in [0.05, 0.1) is 5.60 Å². The summed E-state index contributed by atoms with van der Waals surface area (Å²) in [6.07, 6.45) is 8.46. The second kappa shape index (κ2) is 2.93. The Morgan fingerprint density at radius 3 is 2.75 bits per heavy atom. The standard InChI is InChI=1S/C15H24O/c1-11-9-13(3,16)15-7-4-6-14(15,10-11)12(2)5-8-15/h12,16H,1,4-10H2,2-3H3/t12-,13?,14+,15+/m1/s1. The van der Waals surface area contributed by atoms with Crippen LogP contribution in [0.1, 0.15) is 58.8 Å². The summed E-state index contributed by atoms with van der Waals surface area (Å²) in [5.41, 5.74) is 1.41. The fourth-order valence-electron chi connectivity index (χ4n) is 5.70. The van der Waals surface area contributed by atoms with Crippen LogP contribution in [0.3, 0.4) is 0 Å². The molecule has 0 spiro atoms. The average molecular weight is 220 g/mol. The van der Waals surface area contributed by atoms with E-state index in [-0.39, 0.29) is 5.41 Å². The van der Waals surface area contributed by atoms with Gasteiger partial charge in [0.2, 0.25) is 0 Å². The highest BCUT2D eigenvalue weighted by Crippen LogP contribution is 2.74. The van der Waals surface area contributed by atoms with Gasteiger partial charge in [-0.1, -0.05) is 25.5 Å². The molecular formula is C15H24O. The normalized spacial score (nSPS) is 56.2. The fourth-order valence-corrected chi connectivity index (χ4v) is 5.70. The highest BCUT2D eigenvalue weighted by atomic mass is 16.3. The topological polar surface area (TPSA) is 20.2 Å². The third kappa shape index (κ3) is 0.971. The maximum absolute atomic E-state index is 10.9. The molecule has 16 heavy (non-hydrogen) atoms. The zero-order valence-corrected chi connectivity index (χ0v) is 10.7. The van der Waals surface area contributed by atoms with Crippen LogP contribution in [-0.4, -0.2) is 10.7 Å². The molecule has 3 saturated carbocycles. The second-order valence-electron chi connectivity index (χ2n) is 6.91. The lowest BCUT2D eigenvalue weighted by atomic mass is 9.50. The van der Waals surface area contributed by atoms with E-state index in [1.165, 1.54) is 44.1 Å². The first-order valence-corrected chi connectivity index (χ1v) is 6.83. The van der Waals surface area contributed by atoms with Gasteiger partial charge in [-0.05, 0) is 56.8 Å². The molecule has 0 bridgehead atoms. The van der Waals surface area contributed by atoms with E-state index in [0.29, 0.717) is 5.41 Å². The summed E-state index contributed by atoms with van der Waals surface area (Å²) < 4.78 is 0. The predicted octanol–water partition coefficient (Wildman–Crippen LogP) is 3.67. The Morgan fingerprint density at radius 1 is 1.25 bits per heavy atom. The van der Waals surface area contributed by atoms with Crippen LogP contribution in [0.15, 0.2) is 12.2 Å². The molecule has 0 aromatic rings. The summed E-state index contributed by atoms with van der Waals surface area (Å²) in [5, 5.41) is 10.9. The van der Waals surface area contributed by atoms with Crippen molar-refractivity contribution in [3.05, 3.63) is 12.2 Å². The monoisotopic (exact) mass is 220 g/mol. The molecule has 0 heterocycles. The van der Waals surface area contributed by atoms with Crippen molar-refractivity contribution < 1.29 is 5.11 Å². The molecule has 90 valence electrons. The van der Waals surface area contributed by atoms with Crippen molar-refractivity contribution in [2.75, 3.05) is 0 Å². The van der Waals surface area contributed by atoms with Crippen LogP contribution in [0, 0.1) is 16.7 Å². The number of rotatable bonds is 0. The van der Waals surface area contributed by atoms with Gasteiger partial charge in [-0.3, -0.25) is 0 Å². The minimum absolute atomic E-state index is 0.223. The van der Waals surface area contributed by atoms with Gasteiger partial charge < -0.3 is 5.11 Å². The number of hydrogen-bond acceptors (Lipinski definition) is 1. The van der Waals surface area contributed by atoms with Crippen molar-refractivity contribution >= 4 is 0 Å². The quantitative estimate of drug-likeness (QED) is 0.617. The van der Waals surface area contributed by atoms with Crippen LogP contribution >= 0.6 is 0 Å². The number of hydrogen-bond donors (Lipinski definition) is 1. The molecule has 0 saturated heterocycles. The van der Waals surface area contributed by atoms with E-state index < -0.39 is 5.60 Å². The van der Waals surface area contributed by atoms with Gasteiger partial charge in [0.25, 0.3) is 0 Å². The Morgan fingerprint density at radius 2 is 2.00 bits per heavy atom. The lowest BCUT2D eigenvalue weighted by Gasteiger charge is -2.56. The third-order valence-electron chi connectivity index (χ3n) is 6.32. The van der Waals surface area contributed by atoms with E-state index in [1.807, 2.05) is 0 Å². The molecule has 1 heteroatoms. The molecule has 0 aromatic heterocycles. The predicted molar refractivity (Wildman–Crippen MR) is 66.1 cm³/mol. The van der Waals surface area contributed by atoms with Gasteiger partial charge in [0.15, 0.2) is 0 Å². The van der Waals surface area contributed by atoms with Crippen LogP contribution in [0.25, 0.3) is 0 Å². The fraction of sp³-hybridized carbons (Fsp3) is 0.867. The Kier molecular flexibility index (Phi) is 1.98. The van der Waals surface area contributed by atoms with E-state index >= 15 is 0 Å². The van der Waals surface area contributed by atoms with Crippen molar-refractivity contribution in [1.82, 2.24) is 0 Å². The van der Waals surface area contributed by atoms with Gasteiger partial charge in [0.1, 0.15) is 0 Å². The Bertz CT molecular complexity index is 343. The van der Waals surface area contributed by atoms with Crippen molar-refractivity contribution in [1.29, 1.82) is 0 Å². The first kappa shape index (κ1) is 10.8. The summed E-state index contributed by atoms with van der Waals surface area (Å²) >= 11 is 0. The van der Waals surface area contributed by atoms with Gasteiger partial charge in [0, 0.05) is 5.41 Å². The Hall–Kier alpha value is -0.300. The zero-order valence-electron chi connectivity index (χ0n) is 10.7. The van der Waals surface area contributed by atoms with E-state index in [2.05, 4.69) is 20.4 Å². The van der Waals surface area contributed by atoms with Gasteiger partial charge in [-0.25, -0.2) is 0 Å². The summed E-state index contributed by atoms with van der Waals surface area (Å²) in [5.74, 6) is 0.776. The Balaban J connectivity index is 2.15. The van der Waals surface area contributed by atoms with Crippen LogP contribution in [0.4, 0.5) is 0 Å². The van der Waals surface area contributed by atoms with Crippen molar-refractivity contribution in [3.63, 3.8) is 0 Å². The minimum atomic E-state index is -0.496. The lowest BCUT2D eigenvalue weighted by Crippen LogP contribution is -2.55. The molecule has 3 fully saturated rings. The van der Waals surface area contributed by atoms with Crippen LogP contribution in [-0.2, 0) is 0 Å². The summed E-state index contributed by atoms with van der Waals surface area (Å²) in [7, 11) is 0. The van der Waals surface area contributed by atoms with E-state index in [9.17, 15) is 5.11 Å². The first-order valence-electron chi connectivity index (χ1n) is 6.83. The maximum Gasteiger partial charge on any atom is 0.0718 e. The summed E-state index contributed by atoms with van der Waals surface area (Å²) in [6.45, 7) is 8.68. The van der Waals surface area contributed by atoms with Crippen molar-refractivity contribution in [2.45, 2.75) is 64.4 Å². The largest absolute Gasteiger partial charge is 0.389 e. The highest BCUT2D eigenvalue weighted by Gasteiger charge is 2.69. The van der Waals surface area contributed by atoms with E-state index in [0.717, 1.165) is 12.3 Å². The molecule has 0 amide bonds. The third-order valence-corrected chi connectivity index (χ3v) is 6.32. The highest BCUT2D eigenvalue weighted by molar-refractivity contribution is 5.26. The molecule has 3 rings (SSSR count). The maximum atomic E-state index is 10.9. The second-order valence-corrected chi connectivity index (χ2v) is 6.91. The minimum Gasteiger partial charge on any atom is -0.389 e. The molecule has 0 radical (unpaired) electrons. The molecule has 4 atom stereocenters. The SMILES string of the molecule is C=C1CC(C)(O)[C@@]23CCC[C@]2(C1)[C@H](C)CC3. The molecule has 1 N–H and O–H groups in total. The molecule has 1 nitrogen and oxygen atoms in total. The first-order chi connectivity index (χ1) is 7.44. The molecule has 0 aromatic carbocycles. The molecule has 3 aliphatic carbocycles. The molecular weight excluding hydrogens is 196 g/mol. The van der Waals surface area contributed by atoms with Gasteiger partial charge in [-0.2, -0.15) is 0 Å².